The summed E-state index contributed by atoms with van der Waals surface area (Å²) in [6.07, 6.45) is 1.55. The van der Waals surface area contributed by atoms with E-state index in [9.17, 15) is 8.42 Å². The van der Waals surface area contributed by atoms with E-state index in [2.05, 4.69) is 20.7 Å². The van der Waals surface area contributed by atoms with Crippen LogP contribution in [0.15, 0.2) is 39.8 Å². The van der Waals surface area contributed by atoms with E-state index in [4.69, 9.17) is 5.73 Å². The highest BCUT2D eigenvalue weighted by molar-refractivity contribution is 9.10. The van der Waals surface area contributed by atoms with Gasteiger partial charge in [-0.25, -0.2) is 8.42 Å². The first-order valence-corrected chi connectivity index (χ1v) is 8.25. The van der Waals surface area contributed by atoms with Gasteiger partial charge in [-0.3, -0.25) is 4.72 Å². The lowest BCUT2D eigenvalue weighted by atomic mass is 10.2. The van der Waals surface area contributed by atoms with Gasteiger partial charge in [-0.1, -0.05) is 15.9 Å². The Kier molecular flexibility index (Phi) is 4.22. The Morgan fingerprint density at radius 2 is 2.00 bits per heavy atom. The number of hydrogen-bond donors (Lipinski definition) is 2. The minimum absolute atomic E-state index is 0.207. The largest absolute Gasteiger partial charge is 0.352 e. The van der Waals surface area contributed by atoms with Gasteiger partial charge in [-0.2, -0.15) is 0 Å². The van der Waals surface area contributed by atoms with E-state index >= 15 is 0 Å². The Morgan fingerprint density at radius 3 is 2.55 bits per heavy atom. The molecule has 0 amide bonds. The fraction of sp³-hybridized carbons (Fsp3) is 0.231. The van der Waals surface area contributed by atoms with Crippen LogP contribution in [-0.2, 0) is 23.6 Å². The molecule has 0 aliphatic rings. The van der Waals surface area contributed by atoms with Crippen molar-refractivity contribution >= 4 is 31.6 Å². The zero-order valence-electron chi connectivity index (χ0n) is 11.2. The Balaban J connectivity index is 2.35. The van der Waals surface area contributed by atoms with Crippen LogP contribution in [0.2, 0.25) is 0 Å². The number of sulfonamides is 1. The van der Waals surface area contributed by atoms with Gasteiger partial charge in [0.25, 0.3) is 10.0 Å². The molecule has 1 aromatic heterocycles. The molecule has 2 rings (SSSR count). The second-order valence-corrected chi connectivity index (χ2v) is 7.20. The van der Waals surface area contributed by atoms with Crippen molar-refractivity contribution in [2.75, 3.05) is 4.72 Å². The van der Waals surface area contributed by atoms with Crippen molar-refractivity contribution in [3.8, 4) is 0 Å². The monoisotopic (exact) mass is 357 g/mol. The minimum atomic E-state index is -3.61. The molecule has 2 aromatic rings. The third kappa shape index (κ3) is 3.23. The molecular weight excluding hydrogens is 342 g/mol. The van der Waals surface area contributed by atoms with E-state index in [1.165, 1.54) is 0 Å². The fourth-order valence-electron chi connectivity index (χ4n) is 1.94. The molecule has 0 radical (unpaired) electrons. The first-order chi connectivity index (χ1) is 9.31. The summed E-state index contributed by atoms with van der Waals surface area (Å²) in [5.74, 6) is 0. The second-order valence-electron chi connectivity index (χ2n) is 4.60. The SMILES string of the molecule is Cc1cc(Br)cc(NS(=O)(=O)c2cc(CN)n(C)c2)c1. The first-order valence-electron chi connectivity index (χ1n) is 5.97. The van der Waals surface area contributed by atoms with Gasteiger partial charge in [-0.05, 0) is 36.8 Å². The van der Waals surface area contributed by atoms with Crippen LogP contribution in [0.5, 0.6) is 0 Å². The maximum atomic E-state index is 12.3. The molecule has 108 valence electrons. The van der Waals surface area contributed by atoms with Crippen LogP contribution in [0.3, 0.4) is 0 Å². The van der Waals surface area contributed by atoms with E-state index in [0.717, 1.165) is 15.7 Å². The van der Waals surface area contributed by atoms with Gasteiger partial charge in [0.1, 0.15) is 4.90 Å². The zero-order chi connectivity index (χ0) is 14.9. The van der Waals surface area contributed by atoms with Crippen LogP contribution in [0.4, 0.5) is 5.69 Å². The standard InChI is InChI=1S/C13H16BrN3O2S/c1-9-3-10(14)5-11(4-9)16-20(18,19)13-6-12(7-15)17(2)8-13/h3-6,8,16H,7,15H2,1-2H3. The normalized spacial score (nSPS) is 11.6. The van der Waals surface area contributed by atoms with Crippen molar-refractivity contribution in [1.29, 1.82) is 0 Å². The van der Waals surface area contributed by atoms with Gasteiger partial charge < -0.3 is 10.3 Å². The number of nitrogens with zero attached hydrogens (tertiary/aromatic N) is 1. The molecule has 0 bridgehead atoms. The van der Waals surface area contributed by atoms with E-state index < -0.39 is 10.0 Å². The average molecular weight is 358 g/mol. The lowest BCUT2D eigenvalue weighted by molar-refractivity contribution is 0.601. The summed E-state index contributed by atoms with van der Waals surface area (Å²) in [7, 11) is -1.84. The Morgan fingerprint density at radius 1 is 1.30 bits per heavy atom. The number of nitrogens with one attached hydrogen (secondary N) is 1. The average Bonchev–Trinajstić information content (AvgIpc) is 2.69. The van der Waals surface area contributed by atoms with E-state index in [1.807, 2.05) is 13.0 Å². The number of nitrogens with two attached hydrogens (primary N) is 1. The molecule has 20 heavy (non-hydrogen) atoms. The molecule has 0 spiro atoms. The number of benzene rings is 1. The van der Waals surface area contributed by atoms with Gasteiger partial charge in [0, 0.05) is 30.0 Å². The number of aryl methyl sites for hydroxylation is 2. The molecule has 1 heterocycles. The molecule has 7 heteroatoms. The summed E-state index contributed by atoms with van der Waals surface area (Å²) in [5.41, 5.74) is 7.81. The van der Waals surface area contributed by atoms with Gasteiger partial charge in [0.2, 0.25) is 0 Å². The predicted octanol–water partition coefficient (Wildman–Crippen LogP) is 2.36. The molecular formula is C13H16BrN3O2S. The summed E-state index contributed by atoms with van der Waals surface area (Å²) in [6, 6.07) is 6.98. The van der Waals surface area contributed by atoms with Gasteiger partial charge >= 0.3 is 0 Å². The molecule has 1 aromatic carbocycles. The summed E-state index contributed by atoms with van der Waals surface area (Å²) in [4.78, 5) is 0.207. The lowest BCUT2D eigenvalue weighted by Gasteiger charge is -2.08. The number of halogens is 1. The van der Waals surface area contributed by atoms with Crippen LogP contribution in [-0.4, -0.2) is 13.0 Å². The predicted molar refractivity (Wildman–Crippen MR) is 83.0 cm³/mol. The topological polar surface area (TPSA) is 77.1 Å². The third-order valence-corrected chi connectivity index (χ3v) is 4.70. The third-order valence-electron chi connectivity index (χ3n) is 2.90. The molecule has 0 aliphatic heterocycles. The lowest BCUT2D eigenvalue weighted by Crippen LogP contribution is -2.12. The Labute approximate surface area is 127 Å². The molecule has 0 aliphatic carbocycles. The van der Waals surface area contributed by atoms with Crippen LogP contribution >= 0.6 is 15.9 Å². The maximum absolute atomic E-state index is 12.3. The van der Waals surface area contributed by atoms with Crippen molar-refractivity contribution in [2.45, 2.75) is 18.4 Å². The highest BCUT2D eigenvalue weighted by Crippen LogP contribution is 2.22. The van der Waals surface area contributed by atoms with Crippen LogP contribution in [0, 0.1) is 6.92 Å². The summed E-state index contributed by atoms with van der Waals surface area (Å²) >= 11 is 3.35. The van der Waals surface area contributed by atoms with Crippen LogP contribution in [0.1, 0.15) is 11.3 Å². The summed E-state index contributed by atoms with van der Waals surface area (Å²) in [6.45, 7) is 2.19. The van der Waals surface area contributed by atoms with Gasteiger partial charge in [0.05, 0.1) is 5.69 Å². The number of hydrogen-bond acceptors (Lipinski definition) is 3. The first kappa shape index (κ1) is 15.1. The highest BCUT2D eigenvalue weighted by Gasteiger charge is 2.17. The molecule has 0 fully saturated rings. The fourth-order valence-corrected chi connectivity index (χ4v) is 3.68. The van der Waals surface area contributed by atoms with Crippen molar-refractivity contribution in [1.82, 2.24) is 4.57 Å². The minimum Gasteiger partial charge on any atom is -0.352 e. The van der Waals surface area contributed by atoms with Crippen molar-refractivity contribution in [3.63, 3.8) is 0 Å². The summed E-state index contributed by atoms with van der Waals surface area (Å²) in [5, 5.41) is 0. The molecule has 0 atom stereocenters. The van der Waals surface area contributed by atoms with E-state index in [1.54, 1.807) is 36.0 Å². The molecule has 5 nitrogen and oxygen atoms in total. The van der Waals surface area contributed by atoms with Gasteiger partial charge in [-0.15, -0.1) is 0 Å². The van der Waals surface area contributed by atoms with Crippen LogP contribution in [0.25, 0.3) is 0 Å². The van der Waals surface area contributed by atoms with Crippen molar-refractivity contribution < 1.29 is 8.42 Å². The molecule has 0 saturated heterocycles. The highest BCUT2D eigenvalue weighted by atomic mass is 79.9. The smallest absolute Gasteiger partial charge is 0.263 e. The molecule has 0 unspecified atom stereocenters. The summed E-state index contributed by atoms with van der Waals surface area (Å²) < 4.78 is 29.8. The van der Waals surface area contributed by atoms with Crippen molar-refractivity contribution in [3.05, 3.63) is 46.2 Å². The van der Waals surface area contributed by atoms with Crippen LogP contribution < -0.4 is 10.5 Å². The maximum Gasteiger partial charge on any atom is 0.263 e. The quantitative estimate of drug-likeness (QED) is 0.881. The molecule has 3 N–H and O–H groups in total. The number of anilines is 1. The molecule has 0 saturated carbocycles. The van der Waals surface area contributed by atoms with Gasteiger partial charge in [0.15, 0.2) is 0 Å². The number of rotatable bonds is 4. The van der Waals surface area contributed by atoms with E-state index in [-0.39, 0.29) is 4.90 Å². The Bertz CT molecular complexity index is 718. The Hall–Kier alpha value is -1.31. The number of aromatic nitrogens is 1. The van der Waals surface area contributed by atoms with Crippen molar-refractivity contribution in [2.24, 2.45) is 12.8 Å². The second kappa shape index (κ2) is 5.59. The zero-order valence-corrected chi connectivity index (χ0v) is 13.6. The van der Waals surface area contributed by atoms with E-state index in [0.29, 0.717) is 12.2 Å².